The maximum Gasteiger partial charge on any atom is 0.241 e. The molecule has 3 nitrogen and oxygen atoms in total. The van der Waals surface area contributed by atoms with Gasteiger partial charge in [0.2, 0.25) is 5.91 Å². The Hall–Kier alpha value is -0.870. The number of hydrogen-bond donors (Lipinski definition) is 1. The molecule has 21 heavy (non-hydrogen) atoms. The molecule has 0 radical (unpaired) electrons. The second-order valence-corrected chi connectivity index (χ2v) is 7.47. The van der Waals surface area contributed by atoms with E-state index in [2.05, 4.69) is 55.4 Å². The Morgan fingerprint density at radius 2 is 2.14 bits per heavy atom. The first kappa shape index (κ1) is 16.5. The number of amides is 1. The fraction of sp³-hybridized carbons (Fsp3) is 0.706. The summed E-state index contributed by atoms with van der Waals surface area (Å²) >= 11 is 1.73. The van der Waals surface area contributed by atoms with Gasteiger partial charge in [0.15, 0.2) is 0 Å². The van der Waals surface area contributed by atoms with Gasteiger partial charge < -0.3 is 4.90 Å². The number of hydrogen-bond acceptors (Lipinski definition) is 3. The summed E-state index contributed by atoms with van der Waals surface area (Å²) in [7, 11) is 0. The number of nitrogens with one attached hydrogen (secondary N) is 1. The van der Waals surface area contributed by atoms with Gasteiger partial charge in [-0.25, -0.2) is 0 Å². The Labute approximate surface area is 132 Å². The Kier molecular flexibility index (Phi) is 5.82. The highest BCUT2D eigenvalue weighted by Crippen LogP contribution is 2.31. The minimum atomic E-state index is -0.00332. The van der Waals surface area contributed by atoms with Crippen molar-refractivity contribution < 1.29 is 4.79 Å². The van der Waals surface area contributed by atoms with E-state index >= 15 is 0 Å². The Morgan fingerprint density at radius 3 is 2.71 bits per heavy atom. The molecule has 0 aromatic carbocycles. The molecule has 3 unspecified atom stereocenters. The minimum absolute atomic E-state index is 0.00332. The van der Waals surface area contributed by atoms with Crippen LogP contribution in [0.3, 0.4) is 0 Å². The van der Waals surface area contributed by atoms with E-state index in [1.54, 1.807) is 11.3 Å². The van der Waals surface area contributed by atoms with Crippen LogP contribution in [-0.2, 0) is 4.79 Å². The Morgan fingerprint density at radius 1 is 1.38 bits per heavy atom. The van der Waals surface area contributed by atoms with Crippen molar-refractivity contribution in [3.8, 4) is 0 Å². The van der Waals surface area contributed by atoms with Gasteiger partial charge in [0, 0.05) is 11.4 Å². The van der Waals surface area contributed by atoms with Gasteiger partial charge in [0.05, 0.1) is 6.04 Å². The highest BCUT2D eigenvalue weighted by atomic mass is 32.1. The summed E-state index contributed by atoms with van der Waals surface area (Å²) in [6, 6.07) is 4.19. The second-order valence-electron chi connectivity index (χ2n) is 6.49. The molecule has 4 heteroatoms. The Balaban J connectivity index is 2.13. The standard InChI is InChI=1S/C17H28N2OS/c1-5-6-8-14-17(20)19(11-13(4)12(2)3)16(18-14)15-9-7-10-21-15/h7,9-10,12-14,16,18H,5-6,8,11H2,1-4H3. The second kappa shape index (κ2) is 7.41. The summed E-state index contributed by atoms with van der Waals surface area (Å²) in [6.07, 6.45) is 3.26. The molecule has 0 saturated carbocycles. The summed E-state index contributed by atoms with van der Waals surface area (Å²) in [5, 5.41) is 5.65. The van der Waals surface area contributed by atoms with Crippen LogP contribution in [-0.4, -0.2) is 23.4 Å². The van der Waals surface area contributed by atoms with E-state index in [1.165, 1.54) is 4.88 Å². The monoisotopic (exact) mass is 308 g/mol. The lowest BCUT2D eigenvalue weighted by Gasteiger charge is -2.28. The average Bonchev–Trinajstić information content (AvgIpc) is 3.07. The Bertz CT molecular complexity index is 444. The molecule has 1 amide bonds. The van der Waals surface area contributed by atoms with Crippen molar-refractivity contribution >= 4 is 17.2 Å². The van der Waals surface area contributed by atoms with Crippen LogP contribution in [0.4, 0.5) is 0 Å². The first-order valence-corrected chi connectivity index (χ1v) is 9.02. The summed E-state index contributed by atoms with van der Waals surface area (Å²) in [5.74, 6) is 1.40. The zero-order valence-electron chi connectivity index (χ0n) is 13.6. The van der Waals surface area contributed by atoms with Gasteiger partial charge in [-0.3, -0.25) is 10.1 Å². The van der Waals surface area contributed by atoms with Crippen LogP contribution < -0.4 is 5.32 Å². The maximum absolute atomic E-state index is 12.7. The molecule has 1 saturated heterocycles. The van der Waals surface area contributed by atoms with Crippen molar-refractivity contribution in [1.82, 2.24) is 10.2 Å². The van der Waals surface area contributed by atoms with Crippen LogP contribution in [0, 0.1) is 11.8 Å². The number of unbranched alkanes of at least 4 members (excludes halogenated alkanes) is 1. The van der Waals surface area contributed by atoms with Gasteiger partial charge in [-0.05, 0) is 29.7 Å². The lowest BCUT2D eigenvalue weighted by molar-refractivity contribution is -0.131. The number of carbonyl (C=O) groups is 1. The van der Waals surface area contributed by atoms with Crippen molar-refractivity contribution in [1.29, 1.82) is 0 Å². The van der Waals surface area contributed by atoms with Crippen LogP contribution in [0.1, 0.15) is 58.0 Å². The zero-order valence-corrected chi connectivity index (χ0v) is 14.5. The van der Waals surface area contributed by atoms with E-state index in [9.17, 15) is 4.79 Å². The van der Waals surface area contributed by atoms with Crippen molar-refractivity contribution in [3.63, 3.8) is 0 Å². The SMILES string of the molecule is CCCCC1NC(c2cccs2)N(CC(C)C(C)C)C1=O. The van der Waals surface area contributed by atoms with E-state index in [0.29, 0.717) is 11.8 Å². The molecule has 3 atom stereocenters. The average molecular weight is 308 g/mol. The predicted octanol–water partition coefficient (Wildman–Crippen LogP) is 4.03. The van der Waals surface area contributed by atoms with Gasteiger partial charge >= 0.3 is 0 Å². The molecule has 1 fully saturated rings. The highest BCUT2D eigenvalue weighted by Gasteiger charge is 2.40. The normalized spacial score (nSPS) is 24.0. The van der Waals surface area contributed by atoms with Gasteiger partial charge in [0.1, 0.15) is 6.17 Å². The number of nitrogens with zero attached hydrogens (tertiary/aromatic N) is 1. The van der Waals surface area contributed by atoms with E-state index in [4.69, 9.17) is 0 Å². The van der Waals surface area contributed by atoms with Crippen molar-refractivity contribution in [2.24, 2.45) is 11.8 Å². The van der Waals surface area contributed by atoms with Crippen LogP contribution >= 0.6 is 11.3 Å². The third kappa shape index (κ3) is 3.86. The van der Waals surface area contributed by atoms with E-state index < -0.39 is 0 Å². The smallest absolute Gasteiger partial charge is 0.241 e. The number of thiophene rings is 1. The molecule has 0 aliphatic carbocycles. The molecule has 1 aliphatic rings. The van der Waals surface area contributed by atoms with Gasteiger partial charge in [0.25, 0.3) is 0 Å². The quantitative estimate of drug-likeness (QED) is 0.825. The summed E-state index contributed by atoms with van der Waals surface area (Å²) in [4.78, 5) is 16.1. The summed E-state index contributed by atoms with van der Waals surface area (Å²) in [5.41, 5.74) is 0. The largest absolute Gasteiger partial charge is 0.320 e. The topological polar surface area (TPSA) is 32.3 Å². The fourth-order valence-electron chi connectivity index (χ4n) is 2.69. The molecule has 2 heterocycles. The van der Waals surface area contributed by atoms with Gasteiger partial charge in [-0.15, -0.1) is 11.3 Å². The van der Waals surface area contributed by atoms with Crippen molar-refractivity contribution in [3.05, 3.63) is 22.4 Å². The van der Waals surface area contributed by atoms with E-state index in [-0.39, 0.29) is 18.1 Å². The van der Waals surface area contributed by atoms with Crippen molar-refractivity contribution in [2.45, 2.75) is 59.2 Å². The summed E-state index contributed by atoms with van der Waals surface area (Å²) in [6.45, 7) is 9.72. The van der Waals surface area contributed by atoms with Gasteiger partial charge in [-0.1, -0.05) is 46.6 Å². The van der Waals surface area contributed by atoms with E-state index in [0.717, 1.165) is 25.8 Å². The molecule has 1 aromatic heterocycles. The number of carbonyl (C=O) groups excluding carboxylic acids is 1. The molecule has 1 aromatic rings. The third-order valence-corrected chi connectivity index (χ3v) is 5.46. The molecular weight excluding hydrogens is 280 g/mol. The lowest BCUT2D eigenvalue weighted by Crippen LogP contribution is -2.35. The first-order valence-electron chi connectivity index (χ1n) is 8.14. The first-order chi connectivity index (χ1) is 10.0. The molecule has 0 bridgehead atoms. The van der Waals surface area contributed by atoms with Crippen LogP contribution in [0.15, 0.2) is 17.5 Å². The maximum atomic E-state index is 12.7. The third-order valence-electron chi connectivity index (χ3n) is 4.53. The molecule has 118 valence electrons. The number of rotatable bonds is 7. The zero-order chi connectivity index (χ0) is 15.4. The summed E-state index contributed by atoms with van der Waals surface area (Å²) < 4.78 is 0. The van der Waals surface area contributed by atoms with Crippen LogP contribution in [0.25, 0.3) is 0 Å². The van der Waals surface area contributed by atoms with Crippen LogP contribution in [0.5, 0.6) is 0 Å². The van der Waals surface area contributed by atoms with Gasteiger partial charge in [-0.2, -0.15) is 0 Å². The lowest BCUT2D eigenvalue weighted by atomic mass is 9.97. The molecule has 2 rings (SSSR count). The molecule has 1 N–H and O–H groups in total. The molecule has 0 spiro atoms. The molecular formula is C17H28N2OS. The fourth-order valence-corrected chi connectivity index (χ4v) is 3.49. The van der Waals surface area contributed by atoms with E-state index in [1.807, 2.05) is 0 Å². The highest BCUT2D eigenvalue weighted by molar-refractivity contribution is 7.10. The van der Waals surface area contributed by atoms with Crippen LogP contribution in [0.2, 0.25) is 0 Å². The van der Waals surface area contributed by atoms with Crippen molar-refractivity contribution in [2.75, 3.05) is 6.54 Å². The molecule has 1 aliphatic heterocycles. The minimum Gasteiger partial charge on any atom is -0.320 e. The predicted molar refractivity (Wildman–Crippen MR) is 89.2 cm³/mol.